The molecule has 0 aliphatic carbocycles. The third-order valence-corrected chi connectivity index (χ3v) is 1.30. The Morgan fingerprint density at radius 2 is 2.17 bits per heavy atom. The molecule has 0 saturated carbocycles. The highest BCUT2D eigenvalue weighted by Gasteiger charge is 2.09. The van der Waals surface area contributed by atoms with Gasteiger partial charge in [0.25, 0.3) is 0 Å². The summed E-state index contributed by atoms with van der Waals surface area (Å²) in [5, 5.41) is 3.88. The smallest absolute Gasteiger partial charge is 0.330 e. The summed E-state index contributed by atoms with van der Waals surface area (Å²) in [7, 11) is -4.17. The Morgan fingerprint density at radius 3 is 2.33 bits per heavy atom. The zero-order chi connectivity index (χ0) is 9.61. The first-order chi connectivity index (χ1) is 5.43. The number of ether oxygens (including phenoxy) is 1. The number of nitrogens with two attached hydrogens (primary N) is 1. The fourth-order valence-corrected chi connectivity index (χ4v) is 0.739. The van der Waals surface area contributed by atoms with Gasteiger partial charge in [-0.1, -0.05) is 6.08 Å². The molecular formula is C6H13NO4S. The molecule has 0 amide bonds. The van der Waals surface area contributed by atoms with Crippen molar-refractivity contribution in [2.75, 3.05) is 13.2 Å². The summed E-state index contributed by atoms with van der Waals surface area (Å²) in [5.41, 5.74) is 0. The monoisotopic (exact) mass is 195 g/mol. The molecule has 0 radical (unpaired) electrons. The van der Waals surface area contributed by atoms with Crippen molar-refractivity contribution < 1.29 is 17.7 Å². The first-order valence-corrected chi connectivity index (χ1v) is 4.89. The molecule has 0 bridgehead atoms. The molecule has 0 unspecified atom stereocenters. The lowest BCUT2D eigenvalue weighted by Crippen LogP contribution is -2.08. The Morgan fingerprint density at radius 1 is 1.67 bits per heavy atom. The van der Waals surface area contributed by atoms with Gasteiger partial charge in [-0.3, -0.25) is 4.55 Å². The molecule has 1 aliphatic rings. The van der Waals surface area contributed by atoms with Crippen molar-refractivity contribution in [2.45, 2.75) is 6.42 Å². The second kappa shape index (κ2) is 5.26. The second-order valence-electron chi connectivity index (χ2n) is 2.37. The molecule has 1 heterocycles. The number of hydrogen-bond donors (Lipinski definition) is 2. The Hall–Kier alpha value is -0.430. The summed E-state index contributed by atoms with van der Waals surface area (Å²) in [6.07, 6.45) is 3.14. The highest BCUT2D eigenvalue weighted by atomic mass is 32.2. The molecule has 1 rings (SSSR count). The van der Waals surface area contributed by atoms with Crippen LogP contribution in [-0.4, -0.2) is 26.2 Å². The van der Waals surface area contributed by atoms with Gasteiger partial charge < -0.3 is 4.74 Å². The first kappa shape index (κ1) is 11.6. The highest BCUT2D eigenvalue weighted by molar-refractivity contribution is 7.83. The summed E-state index contributed by atoms with van der Waals surface area (Å²) in [5.74, 6) is 0.639. The molecule has 72 valence electrons. The molecule has 1 atom stereocenters. The van der Waals surface area contributed by atoms with E-state index in [1.165, 1.54) is 6.42 Å². The van der Waals surface area contributed by atoms with E-state index in [0.29, 0.717) is 5.92 Å². The van der Waals surface area contributed by atoms with E-state index in [-0.39, 0.29) is 0 Å². The SMILES string of the molecule is C=C[C@@H]1CCOC1.NS(=O)(=O)O. The van der Waals surface area contributed by atoms with Crippen LogP contribution in [0.15, 0.2) is 12.7 Å². The minimum absolute atomic E-state index is 0.639. The lowest BCUT2D eigenvalue weighted by molar-refractivity contribution is 0.191. The van der Waals surface area contributed by atoms with Crippen LogP contribution in [-0.2, 0) is 15.0 Å². The van der Waals surface area contributed by atoms with Crippen LogP contribution in [0, 0.1) is 5.92 Å². The Bertz CT molecular complexity index is 210. The van der Waals surface area contributed by atoms with E-state index in [0.717, 1.165) is 13.2 Å². The van der Waals surface area contributed by atoms with Gasteiger partial charge in [0.2, 0.25) is 0 Å². The van der Waals surface area contributed by atoms with Crippen LogP contribution in [0.5, 0.6) is 0 Å². The zero-order valence-electron chi connectivity index (χ0n) is 6.64. The molecule has 5 nitrogen and oxygen atoms in total. The standard InChI is InChI=1S/C6H10O.H3NO3S/c1-2-6-3-4-7-5-6;1-5(2,3)4/h2,6H,1,3-5H2;(H3,1,2,3,4)/t6-;/m1./s1. The first-order valence-electron chi connectivity index (χ1n) is 3.39. The van der Waals surface area contributed by atoms with Crippen molar-refractivity contribution in [1.82, 2.24) is 0 Å². The van der Waals surface area contributed by atoms with Crippen molar-refractivity contribution in [1.29, 1.82) is 0 Å². The maximum atomic E-state index is 8.97. The predicted molar refractivity (Wildman–Crippen MR) is 44.9 cm³/mol. The normalized spacial score (nSPS) is 22.7. The van der Waals surface area contributed by atoms with Crippen LogP contribution < -0.4 is 5.14 Å². The summed E-state index contributed by atoms with van der Waals surface area (Å²) < 4.78 is 30.3. The lowest BCUT2D eigenvalue weighted by Gasteiger charge is -1.92. The molecule has 1 aliphatic heterocycles. The van der Waals surface area contributed by atoms with Gasteiger partial charge in [0, 0.05) is 12.5 Å². The zero-order valence-corrected chi connectivity index (χ0v) is 7.46. The third kappa shape index (κ3) is 9.57. The van der Waals surface area contributed by atoms with Crippen molar-refractivity contribution in [2.24, 2.45) is 11.1 Å². The molecule has 3 N–H and O–H groups in total. The summed E-state index contributed by atoms with van der Waals surface area (Å²) in [6, 6.07) is 0. The molecule has 1 saturated heterocycles. The van der Waals surface area contributed by atoms with E-state index in [1.807, 2.05) is 6.08 Å². The Labute approximate surface area is 72.1 Å². The molecule has 0 aromatic heterocycles. The lowest BCUT2D eigenvalue weighted by atomic mass is 10.1. The molecule has 12 heavy (non-hydrogen) atoms. The van der Waals surface area contributed by atoms with Gasteiger partial charge in [-0.15, -0.1) is 6.58 Å². The highest BCUT2D eigenvalue weighted by Crippen LogP contribution is 2.11. The second-order valence-corrected chi connectivity index (χ2v) is 3.40. The molecule has 0 aromatic rings. The molecular weight excluding hydrogens is 182 g/mol. The third-order valence-electron chi connectivity index (χ3n) is 1.30. The van der Waals surface area contributed by atoms with Crippen LogP contribution in [0.1, 0.15) is 6.42 Å². The minimum atomic E-state index is -4.17. The van der Waals surface area contributed by atoms with Gasteiger partial charge in [0.1, 0.15) is 0 Å². The molecule has 0 aromatic carbocycles. The fraction of sp³-hybridized carbons (Fsp3) is 0.667. The van der Waals surface area contributed by atoms with Crippen LogP contribution in [0.25, 0.3) is 0 Å². The summed E-state index contributed by atoms with van der Waals surface area (Å²) >= 11 is 0. The predicted octanol–water partition coefficient (Wildman–Crippen LogP) is -0.0432. The van der Waals surface area contributed by atoms with Gasteiger partial charge >= 0.3 is 10.3 Å². The average molecular weight is 195 g/mol. The quantitative estimate of drug-likeness (QED) is 0.453. The Balaban J connectivity index is 0.000000217. The van der Waals surface area contributed by atoms with Crippen LogP contribution in [0.2, 0.25) is 0 Å². The van der Waals surface area contributed by atoms with Gasteiger partial charge in [-0.05, 0) is 6.42 Å². The van der Waals surface area contributed by atoms with Crippen LogP contribution >= 0.6 is 0 Å². The van der Waals surface area contributed by atoms with E-state index in [2.05, 4.69) is 11.7 Å². The van der Waals surface area contributed by atoms with Crippen LogP contribution in [0.4, 0.5) is 0 Å². The molecule has 6 heteroatoms. The van der Waals surface area contributed by atoms with Crippen molar-refractivity contribution in [3.63, 3.8) is 0 Å². The maximum Gasteiger partial charge on any atom is 0.330 e. The van der Waals surface area contributed by atoms with E-state index >= 15 is 0 Å². The minimum Gasteiger partial charge on any atom is -0.381 e. The largest absolute Gasteiger partial charge is 0.381 e. The molecule has 0 spiro atoms. The summed E-state index contributed by atoms with van der Waals surface area (Å²) in [4.78, 5) is 0. The Kier molecular flexibility index (Phi) is 5.07. The van der Waals surface area contributed by atoms with Gasteiger partial charge in [0.15, 0.2) is 0 Å². The van der Waals surface area contributed by atoms with Crippen molar-refractivity contribution in [3.8, 4) is 0 Å². The van der Waals surface area contributed by atoms with Crippen LogP contribution in [0.3, 0.4) is 0 Å². The van der Waals surface area contributed by atoms with E-state index in [4.69, 9.17) is 17.7 Å². The average Bonchev–Trinajstić information content (AvgIpc) is 2.33. The summed E-state index contributed by atoms with van der Waals surface area (Å²) in [6.45, 7) is 5.48. The van der Waals surface area contributed by atoms with E-state index < -0.39 is 10.3 Å². The van der Waals surface area contributed by atoms with E-state index in [1.54, 1.807) is 0 Å². The molecule has 1 fully saturated rings. The van der Waals surface area contributed by atoms with Gasteiger partial charge in [0.05, 0.1) is 6.61 Å². The maximum absolute atomic E-state index is 8.97. The van der Waals surface area contributed by atoms with Crippen molar-refractivity contribution in [3.05, 3.63) is 12.7 Å². The van der Waals surface area contributed by atoms with Crippen molar-refractivity contribution >= 4 is 10.3 Å². The topological polar surface area (TPSA) is 89.6 Å². The number of hydrogen-bond acceptors (Lipinski definition) is 3. The number of rotatable bonds is 1. The van der Waals surface area contributed by atoms with Gasteiger partial charge in [-0.25, -0.2) is 5.14 Å². The van der Waals surface area contributed by atoms with E-state index in [9.17, 15) is 0 Å². The van der Waals surface area contributed by atoms with Gasteiger partial charge in [-0.2, -0.15) is 8.42 Å². The fourth-order valence-electron chi connectivity index (χ4n) is 0.739.